The highest BCUT2D eigenvalue weighted by Gasteiger charge is 2.09. The van der Waals surface area contributed by atoms with Crippen LogP contribution in [0.4, 0.5) is 17.1 Å². The van der Waals surface area contributed by atoms with E-state index < -0.39 is 0 Å². The molecule has 0 saturated heterocycles. The minimum Gasteiger partial charge on any atom is -0.376 e. The number of rotatable bonds is 9. The summed E-state index contributed by atoms with van der Waals surface area (Å²) in [5.74, 6) is -0.313. The van der Waals surface area contributed by atoms with Gasteiger partial charge in [0.2, 0.25) is 17.7 Å². The SMILES string of the molecule is CC(C)C(=O)Nc1cccc(NC(=O)CNc2cccc(CCC(=O)N(C)C)c2)c1. The van der Waals surface area contributed by atoms with Crippen LogP contribution >= 0.6 is 0 Å². The Morgan fingerprint density at radius 3 is 2.20 bits per heavy atom. The zero-order chi connectivity index (χ0) is 22.1. The van der Waals surface area contributed by atoms with Crippen molar-refractivity contribution >= 4 is 34.8 Å². The normalized spacial score (nSPS) is 10.4. The first-order valence-corrected chi connectivity index (χ1v) is 9.98. The van der Waals surface area contributed by atoms with Crippen molar-refractivity contribution in [3.63, 3.8) is 0 Å². The number of nitrogens with zero attached hydrogens (tertiary/aromatic N) is 1. The maximum absolute atomic E-state index is 12.3. The molecule has 0 aliphatic carbocycles. The average Bonchev–Trinajstić information content (AvgIpc) is 2.71. The Labute approximate surface area is 177 Å². The Morgan fingerprint density at radius 2 is 1.53 bits per heavy atom. The monoisotopic (exact) mass is 410 g/mol. The van der Waals surface area contributed by atoms with Gasteiger partial charge in [0.05, 0.1) is 6.54 Å². The van der Waals surface area contributed by atoms with Crippen LogP contribution in [0.5, 0.6) is 0 Å². The quantitative estimate of drug-likeness (QED) is 0.591. The van der Waals surface area contributed by atoms with Crippen molar-refractivity contribution in [2.75, 3.05) is 36.6 Å². The number of amides is 3. The standard InChI is InChI=1S/C23H30N4O3/c1-16(2)23(30)26-20-10-6-9-19(14-20)25-21(28)15-24-18-8-5-7-17(13-18)11-12-22(29)27(3)4/h5-10,13-14,16,24H,11-12,15H2,1-4H3,(H,25,28)(H,26,30). The molecular weight excluding hydrogens is 380 g/mol. The van der Waals surface area contributed by atoms with E-state index in [0.717, 1.165) is 11.3 Å². The Bertz CT molecular complexity index is 894. The molecule has 0 fully saturated rings. The summed E-state index contributed by atoms with van der Waals surface area (Å²) in [4.78, 5) is 37.4. The molecule has 160 valence electrons. The summed E-state index contributed by atoms with van der Waals surface area (Å²) in [5, 5.41) is 8.73. The average molecular weight is 411 g/mol. The third kappa shape index (κ3) is 7.58. The van der Waals surface area contributed by atoms with Crippen LogP contribution in [-0.4, -0.2) is 43.3 Å². The van der Waals surface area contributed by atoms with E-state index in [-0.39, 0.29) is 30.2 Å². The van der Waals surface area contributed by atoms with E-state index in [1.165, 1.54) is 0 Å². The van der Waals surface area contributed by atoms with Gasteiger partial charge in [-0.2, -0.15) is 0 Å². The van der Waals surface area contributed by atoms with Gasteiger partial charge in [0, 0.05) is 43.5 Å². The van der Waals surface area contributed by atoms with Crippen LogP contribution < -0.4 is 16.0 Å². The maximum atomic E-state index is 12.3. The molecule has 7 heteroatoms. The summed E-state index contributed by atoms with van der Waals surface area (Å²) in [5.41, 5.74) is 3.10. The predicted molar refractivity (Wildman–Crippen MR) is 120 cm³/mol. The Morgan fingerprint density at radius 1 is 0.900 bits per heavy atom. The van der Waals surface area contributed by atoms with Crippen molar-refractivity contribution < 1.29 is 14.4 Å². The van der Waals surface area contributed by atoms with Crippen LogP contribution in [0.2, 0.25) is 0 Å². The lowest BCUT2D eigenvalue weighted by Crippen LogP contribution is -2.22. The highest BCUT2D eigenvalue weighted by molar-refractivity contribution is 5.96. The van der Waals surface area contributed by atoms with Gasteiger partial charge >= 0.3 is 0 Å². The highest BCUT2D eigenvalue weighted by atomic mass is 16.2. The first-order chi connectivity index (χ1) is 14.2. The fraction of sp³-hybridized carbons (Fsp3) is 0.348. The number of carbonyl (C=O) groups is 3. The van der Waals surface area contributed by atoms with Crippen LogP contribution in [-0.2, 0) is 20.8 Å². The van der Waals surface area contributed by atoms with Crippen molar-refractivity contribution in [1.82, 2.24) is 4.90 Å². The Hall–Kier alpha value is -3.35. The lowest BCUT2D eigenvalue weighted by molar-refractivity contribution is -0.128. The first kappa shape index (κ1) is 22.9. The smallest absolute Gasteiger partial charge is 0.243 e. The van der Waals surface area contributed by atoms with E-state index in [1.54, 1.807) is 43.3 Å². The second-order valence-electron chi connectivity index (χ2n) is 7.62. The summed E-state index contributed by atoms with van der Waals surface area (Å²) >= 11 is 0. The number of carbonyl (C=O) groups excluding carboxylic acids is 3. The molecule has 30 heavy (non-hydrogen) atoms. The van der Waals surface area contributed by atoms with Gasteiger partial charge in [-0.15, -0.1) is 0 Å². The highest BCUT2D eigenvalue weighted by Crippen LogP contribution is 2.16. The molecule has 0 heterocycles. The van der Waals surface area contributed by atoms with Gasteiger partial charge in [0.25, 0.3) is 0 Å². The summed E-state index contributed by atoms with van der Waals surface area (Å²) in [6.07, 6.45) is 1.09. The third-order valence-electron chi connectivity index (χ3n) is 4.44. The molecule has 7 nitrogen and oxygen atoms in total. The minimum absolute atomic E-state index is 0.0766. The summed E-state index contributed by atoms with van der Waals surface area (Å²) in [6, 6.07) is 14.7. The van der Waals surface area contributed by atoms with Gasteiger partial charge in [0.15, 0.2) is 0 Å². The molecule has 0 aromatic heterocycles. The number of nitrogens with one attached hydrogen (secondary N) is 3. The van der Waals surface area contributed by atoms with E-state index >= 15 is 0 Å². The van der Waals surface area contributed by atoms with E-state index in [4.69, 9.17) is 0 Å². The minimum atomic E-state index is -0.199. The van der Waals surface area contributed by atoms with Crippen LogP contribution in [0.25, 0.3) is 0 Å². The van der Waals surface area contributed by atoms with Crippen molar-refractivity contribution in [3.8, 4) is 0 Å². The number of hydrogen-bond donors (Lipinski definition) is 3. The van der Waals surface area contributed by atoms with Gasteiger partial charge in [-0.1, -0.05) is 32.0 Å². The lowest BCUT2D eigenvalue weighted by atomic mass is 10.1. The van der Waals surface area contributed by atoms with Gasteiger partial charge in [-0.25, -0.2) is 0 Å². The lowest BCUT2D eigenvalue weighted by Gasteiger charge is -2.12. The summed E-state index contributed by atoms with van der Waals surface area (Å²) < 4.78 is 0. The largest absolute Gasteiger partial charge is 0.376 e. The molecule has 0 atom stereocenters. The molecule has 0 radical (unpaired) electrons. The molecular formula is C23H30N4O3. The predicted octanol–water partition coefficient (Wildman–Crippen LogP) is 3.35. The van der Waals surface area contributed by atoms with E-state index in [1.807, 2.05) is 38.1 Å². The zero-order valence-corrected chi connectivity index (χ0v) is 18.0. The molecule has 2 aromatic rings. The molecule has 0 spiro atoms. The van der Waals surface area contributed by atoms with Crippen LogP contribution in [0, 0.1) is 5.92 Å². The third-order valence-corrected chi connectivity index (χ3v) is 4.44. The molecule has 3 amide bonds. The second-order valence-corrected chi connectivity index (χ2v) is 7.62. The van der Waals surface area contributed by atoms with E-state index in [9.17, 15) is 14.4 Å². The maximum Gasteiger partial charge on any atom is 0.243 e. The number of aryl methyl sites for hydroxylation is 1. The topological polar surface area (TPSA) is 90.5 Å². The summed E-state index contributed by atoms with van der Waals surface area (Å²) in [7, 11) is 3.49. The van der Waals surface area contributed by atoms with Crippen molar-refractivity contribution in [1.29, 1.82) is 0 Å². The fourth-order valence-corrected chi connectivity index (χ4v) is 2.66. The summed E-state index contributed by atoms with van der Waals surface area (Å²) in [6.45, 7) is 3.74. The molecule has 0 aliphatic heterocycles. The van der Waals surface area contributed by atoms with Crippen LogP contribution in [0.1, 0.15) is 25.8 Å². The van der Waals surface area contributed by atoms with Gasteiger partial charge in [0.1, 0.15) is 0 Å². The molecule has 0 aliphatic rings. The van der Waals surface area contributed by atoms with Crippen LogP contribution in [0.15, 0.2) is 48.5 Å². The molecule has 2 aromatic carbocycles. The number of hydrogen-bond acceptors (Lipinski definition) is 4. The molecule has 0 saturated carbocycles. The zero-order valence-electron chi connectivity index (χ0n) is 18.0. The van der Waals surface area contributed by atoms with Gasteiger partial charge < -0.3 is 20.9 Å². The number of benzene rings is 2. The molecule has 0 unspecified atom stereocenters. The van der Waals surface area contributed by atoms with Gasteiger partial charge in [-0.05, 0) is 42.3 Å². The van der Waals surface area contributed by atoms with Gasteiger partial charge in [-0.3, -0.25) is 14.4 Å². The second kappa shape index (κ2) is 11.0. The van der Waals surface area contributed by atoms with E-state index in [2.05, 4.69) is 16.0 Å². The molecule has 3 N–H and O–H groups in total. The van der Waals surface area contributed by atoms with Crippen molar-refractivity contribution in [3.05, 3.63) is 54.1 Å². The Balaban J connectivity index is 1.87. The number of anilines is 3. The van der Waals surface area contributed by atoms with Crippen LogP contribution in [0.3, 0.4) is 0 Å². The van der Waals surface area contributed by atoms with E-state index in [0.29, 0.717) is 24.2 Å². The Kier molecular flexibility index (Phi) is 8.41. The molecule has 0 bridgehead atoms. The fourth-order valence-electron chi connectivity index (χ4n) is 2.66. The first-order valence-electron chi connectivity index (χ1n) is 9.98. The van der Waals surface area contributed by atoms with Crippen molar-refractivity contribution in [2.45, 2.75) is 26.7 Å². The van der Waals surface area contributed by atoms with Crippen molar-refractivity contribution in [2.24, 2.45) is 5.92 Å². The molecule has 2 rings (SSSR count).